The molecule has 0 atom stereocenters. The first-order chi connectivity index (χ1) is 14.6. The highest BCUT2D eigenvalue weighted by Crippen LogP contribution is 2.36. The number of hydrogen-bond acceptors (Lipinski definition) is 2. The zero-order valence-electron chi connectivity index (χ0n) is 16.2. The first kappa shape index (κ1) is 20.2. The summed E-state index contributed by atoms with van der Waals surface area (Å²) in [6, 6.07) is 24.6. The van der Waals surface area contributed by atoms with Gasteiger partial charge in [-0.3, -0.25) is 9.89 Å². The first-order valence-electron chi connectivity index (χ1n) is 9.46. The van der Waals surface area contributed by atoms with Gasteiger partial charge in [-0.1, -0.05) is 89.9 Å². The molecule has 30 heavy (non-hydrogen) atoms. The van der Waals surface area contributed by atoms with E-state index in [1.165, 1.54) is 0 Å². The van der Waals surface area contributed by atoms with E-state index < -0.39 is 0 Å². The van der Waals surface area contributed by atoms with E-state index in [1.807, 2.05) is 60.7 Å². The highest BCUT2D eigenvalue weighted by molar-refractivity contribution is 6.39. The molecule has 0 fully saturated rings. The van der Waals surface area contributed by atoms with Crippen LogP contribution in [-0.2, 0) is 0 Å². The lowest BCUT2D eigenvalue weighted by Crippen LogP contribution is -2.30. The summed E-state index contributed by atoms with van der Waals surface area (Å²) < 4.78 is 0. The van der Waals surface area contributed by atoms with Gasteiger partial charge >= 0.3 is 0 Å². The number of benzene rings is 3. The van der Waals surface area contributed by atoms with E-state index in [1.54, 1.807) is 25.1 Å². The third-order valence-corrected chi connectivity index (χ3v) is 5.55. The van der Waals surface area contributed by atoms with Crippen molar-refractivity contribution < 1.29 is 4.79 Å². The normalized spacial score (nSPS) is 10.9. The molecule has 0 aliphatic rings. The molecule has 0 radical (unpaired) electrons. The summed E-state index contributed by atoms with van der Waals surface area (Å²) in [5.74, 6) is -0.259. The maximum absolute atomic E-state index is 13.4. The maximum atomic E-state index is 13.4. The SMILES string of the molecule is Cc1[nH]nc(-c2c(Cl)cccc2Cl)c1C(=O)NC(c1ccccc1)c1ccccc1. The molecule has 0 unspecified atom stereocenters. The summed E-state index contributed by atoms with van der Waals surface area (Å²) in [5.41, 5.74) is 3.98. The first-order valence-corrected chi connectivity index (χ1v) is 10.2. The van der Waals surface area contributed by atoms with Crippen LogP contribution >= 0.6 is 23.2 Å². The zero-order chi connectivity index (χ0) is 21.1. The summed E-state index contributed by atoms with van der Waals surface area (Å²) in [4.78, 5) is 13.4. The molecular formula is C24H19Cl2N3O. The number of nitrogens with zero attached hydrogens (tertiary/aromatic N) is 1. The van der Waals surface area contributed by atoms with E-state index in [4.69, 9.17) is 23.2 Å². The van der Waals surface area contributed by atoms with Gasteiger partial charge in [0.15, 0.2) is 0 Å². The van der Waals surface area contributed by atoms with E-state index >= 15 is 0 Å². The number of rotatable bonds is 5. The van der Waals surface area contributed by atoms with E-state index in [9.17, 15) is 4.79 Å². The number of carbonyl (C=O) groups is 1. The molecule has 0 aliphatic heterocycles. The van der Waals surface area contributed by atoms with Crippen LogP contribution in [0.2, 0.25) is 10.0 Å². The quantitative estimate of drug-likeness (QED) is 0.391. The van der Waals surface area contributed by atoms with E-state index in [2.05, 4.69) is 15.5 Å². The van der Waals surface area contributed by atoms with Crippen molar-refractivity contribution in [2.75, 3.05) is 0 Å². The highest BCUT2D eigenvalue weighted by Gasteiger charge is 2.25. The standard InChI is InChI=1S/C24H19Cl2N3O/c1-15-20(23(29-28-15)21-18(25)13-8-14-19(21)26)24(30)27-22(16-9-4-2-5-10-16)17-11-6-3-7-12-17/h2-14,22H,1H3,(H,27,30)(H,28,29). The van der Waals surface area contributed by atoms with Crippen LogP contribution in [0.4, 0.5) is 0 Å². The second-order valence-electron chi connectivity index (χ2n) is 6.90. The number of aromatic amines is 1. The second-order valence-corrected chi connectivity index (χ2v) is 7.71. The Kier molecular flexibility index (Phi) is 5.88. The number of hydrogen-bond donors (Lipinski definition) is 2. The second kappa shape index (κ2) is 8.74. The number of aryl methyl sites for hydroxylation is 1. The molecule has 0 saturated heterocycles. The maximum Gasteiger partial charge on any atom is 0.256 e. The van der Waals surface area contributed by atoms with Crippen molar-refractivity contribution in [1.29, 1.82) is 0 Å². The Morgan fingerprint density at radius 1 is 0.867 bits per heavy atom. The van der Waals surface area contributed by atoms with E-state index in [0.717, 1.165) is 11.1 Å². The Bertz CT molecular complexity index is 1110. The van der Waals surface area contributed by atoms with Gasteiger partial charge in [-0.05, 0) is 30.2 Å². The number of carbonyl (C=O) groups excluding carboxylic acids is 1. The van der Waals surface area contributed by atoms with Crippen molar-refractivity contribution in [3.8, 4) is 11.3 Å². The fourth-order valence-corrected chi connectivity index (χ4v) is 4.04. The van der Waals surface area contributed by atoms with E-state index in [0.29, 0.717) is 32.6 Å². The number of amides is 1. The Morgan fingerprint density at radius 2 is 1.40 bits per heavy atom. The van der Waals surface area contributed by atoms with Crippen LogP contribution in [0.1, 0.15) is 33.2 Å². The zero-order valence-corrected chi connectivity index (χ0v) is 17.7. The van der Waals surface area contributed by atoms with Gasteiger partial charge in [0.25, 0.3) is 5.91 Å². The molecule has 150 valence electrons. The Balaban J connectivity index is 1.75. The van der Waals surface area contributed by atoms with Crippen LogP contribution in [0.25, 0.3) is 11.3 Å². The van der Waals surface area contributed by atoms with Gasteiger partial charge in [0.05, 0.1) is 21.7 Å². The Hall–Kier alpha value is -3.08. The molecule has 1 amide bonds. The number of H-pyrrole nitrogens is 1. The van der Waals surface area contributed by atoms with Crippen molar-refractivity contribution in [2.24, 2.45) is 0 Å². The lowest BCUT2D eigenvalue weighted by Gasteiger charge is -2.20. The summed E-state index contributed by atoms with van der Waals surface area (Å²) >= 11 is 12.8. The summed E-state index contributed by atoms with van der Waals surface area (Å²) in [5, 5.41) is 11.3. The predicted octanol–water partition coefficient (Wildman–Crippen LogP) is 6.21. The summed E-state index contributed by atoms with van der Waals surface area (Å²) in [6.07, 6.45) is 0. The molecule has 4 rings (SSSR count). The minimum absolute atomic E-state index is 0.259. The molecule has 0 saturated carbocycles. The van der Waals surface area contributed by atoms with Gasteiger partial charge in [0.1, 0.15) is 5.69 Å². The Labute approximate surface area is 184 Å². The Morgan fingerprint density at radius 3 is 1.93 bits per heavy atom. The van der Waals surface area contributed by atoms with Crippen molar-refractivity contribution in [3.63, 3.8) is 0 Å². The highest BCUT2D eigenvalue weighted by atomic mass is 35.5. The van der Waals surface area contributed by atoms with Crippen LogP contribution in [0.5, 0.6) is 0 Å². The van der Waals surface area contributed by atoms with Crippen LogP contribution in [0.15, 0.2) is 78.9 Å². The minimum Gasteiger partial charge on any atom is -0.341 e. The molecule has 0 spiro atoms. The molecule has 6 heteroatoms. The largest absolute Gasteiger partial charge is 0.341 e. The number of halogens is 2. The number of nitrogens with one attached hydrogen (secondary N) is 2. The van der Waals surface area contributed by atoms with Crippen molar-refractivity contribution in [3.05, 3.63) is 111 Å². The molecule has 1 heterocycles. The number of aromatic nitrogens is 2. The van der Waals surface area contributed by atoms with Crippen molar-refractivity contribution in [2.45, 2.75) is 13.0 Å². The van der Waals surface area contributed by atoms with Crippen molar-refractivity contribution >= 4 is 29.1 Å². The molecule has 0 aliphatic carbocycles. The topological polar surface area (TPSA) is 57.8 Å². The summed E-state index contributed by atoms with van der Waals surface area (Å²) in [6.45, 7) is 1.80. The van der Waals surface area contributed by atoms with Gasteiger partial charge < -0.3 is 5.32 Å². The van der Waals surface area contributed by atoms with Crippen LogP contribution in [-0.4, -0.2) is 16.1 Å². The van der Waals surface area contributed by atoms with Crippen LogP contribution < -0.4 is 5.32 Å². The van der Waals surface area contributed by atoms with Gasteiger partial charge in [0.2, 0.25) is 0 Å². The third-order valence-electron chi connectivity index (χ3n) is 4.92. The van der Waals surface area contributed by atoms with Gasteiger partial charge in [-0.15, -0.1) is 0 Å². The molecule has 4 aromatic rings. The predicted molar refractivity (Wildman–Crippen MR) is 121 cm³/mol. The lowest BCUT2D eigenvalue weighted by molar-refractivity contribution is 0.0943. The van der Waals surface area contributed by atoms with Gasteiger partial charge in [-0.25, -0.2) is 0 Å². The molecular weight excluding hydrogens is 417 g/mol. The smallest absolute Gasteiger partial charge is 0.256 e. The summed E-state index contributed by atoms with van der Waals surface area (Å²) in [7, 11) is 0. The molecule has 2 N–H and O–H groups in total. The van der Waals surface area contributed by atoms with Gasteiger partial charge in [-0.2, -0.15) is 5.10 Å². The van der Waals surface area contributed by atoms with Gasteiger partial charge in [0, 0.05) is 11.3 Å². The average Bonchev–Trinajstić information content (AvgIpc) is 3.14. The third kappa shape index (κ3) is 3.97. The average molecular weight is 436 g/mol. The van der Waals surface area contributed by atoms with E-state index in [-0.39, 0.29) is 11.9 Å². The molecule has 3 aromatic carbocycles. The fourth-order valence-electron chi connectivity index (χ4n) is 3.47. The lowest BCUT2D eigenvalue weighted by atomic mass is 9.97. The fraction of sp³-hybridized carbons (Fsp3) is 0.0833. The van der Waals surface area contributed by atoms with Crippen LogP contribution in [0, 0.1) is 6.92 Å². The monoisotopic (exact) mass is 435 g/mol. The molecule has 1 aromatic heterocycles. The molecule has 4 nitrogen and oxygen atoms in total. The molecule has 0 bridgehead atoms. The minimum atomic E-state index is -0.316. The van der Waals surface area contributed by atoms with Crippen molar-refractivity contribution in [1.82, 2.24) is 15.5 Å². The van der Waals surface area contributed by atoms with Crippen LogP contribution in [0.3, 0.4) is 0 Å².